The molecule has 0 aliphatic carbocycles. The fourth-order valence-electron chi connectivity index (χ4n) is 1.26. The zero-order valence-electron chi connectivity index (χ0n) is 9.58. The van der Waals surface area contributed by atoms with E-state index in [0.717, 1.165) is 17.7 Å². The zero-order chi connectivity index (χ0) is 11.3. The molecule has 0 saturated carbocycles. The first-order valence-electron chi connectivity index (χ1n) is 5.26. The van der Waals surface area contributed by atoms with Crippen molar-refractivity contribution in [1.29, 1.82) is 0 Å². The molecule has 15 heavy (non-hydrogen) atoms. The number of phenolic OH excluding ortho intramolecular Hbond substituents is 1. The summed E-state index contributed by atoms with van der Waals surface area (Å²) in [4.78, 5) is 0. The van der Waals surface area contributed by atoms with E-state index in [1.165, 1.54) is 0 Å². The number of aromatic hydroxyl groups is 1. The molecule has 84 valence electrons. The molecular weight excluding hydrogens is 190 g/mol. The van der Waals surface area contributed by atoms with E-state index in [1.54, 1.807) is 19.2 Å². The number of phenols is 1. The number of rotatable bonds is 5. The van der Waals surface area contributed by atoms with Crippen molar-refractivity contribution in [2.75, 3.05) is 7.11 Å². The molecule has 0 amide bonds. The average molecular weight is 209 g/mol. The van der Waals surface area contributed by atoms with E-state index in [4.69, 9.17) is 4.74 Å². The maximum absolute atomic E-state index is 9.62. The number of hydrogen-bond acceptors (Lipinski definition) is 3. The van der Waals surface area contributed by atoms with Crippen LogP contribution in [0.5, 0.6) is 11.5 Å². The van der Waals surface area contributed by atoms with Crippen LogP contribution in [0, 0.1) is 0 Å². The summed E-state index contributed by atoms with van der Waals surface area (Å²) >= 11 is 0. The molecule has 0 aliphatic heterocycles. The summed E-state index contributed by atoms with van der Waals surface area (Å²) in [5, 5.41) is 12.9. The van der Waals surface area contributed by atoms with Crippen molar-refractivity contribution in [1.82, 2.24) is 5.32 Å². The number of benzene rings is 1. The molecule has 0 heterocycles. The standard InChI is InChI=1S/C12H19NO2/c1-4-9(2)13-8-10-7-11(15-3)5-6-12(10)14/h5-7,9,13-14H,4,8H2,1-3H3/t9-/m0/s1. The average Bonchev–Trinajstić information content (AvgIpc) is 2.27. The lowest BCUT2D eigenvalue weighted by molar-refractivity contribution is 0.409. The first kappa shape index (κ1) is 11.9. The van der Waals surface area contributed by atoms with Crippen LogP contribution >= 0.6 is 0 Å². The Morgan fingerprint density at radius 2 is 2.20 bits per heavy atom. The summed E-state index contributed by atoms with van der Waals surface area (Å²) in [6.07, 6.45) is 1.07. The van der Waals surface area contributed by atoms with Crippen LogP contribution in [0.25, 0.3) is 0 Å². The van der Waals surface area contributed by atoms with E-state index >= 15 is 0 Å². The monoisotopic (exact) mass is 209 g/mol. The second-order valence-corrected chi connectivity index (χ2v) is 3.68. The molecule has 3 nitrogen and oxygen atoms in total. The lowest BCUT2D eigenvalue weighted by atomic mass is 10.1. The number of hydrogen-bond donors (Lipinski definition) is 2. The van der Waals surface area contributed by atoms with E-state index in [-0.39, 0.29) is 0 Å². The minimum Gasteiger partial charge on any atom is -0.508 e. The van der Waals surface area contributed by atoms with E-state index < -0.39 is 0 Å². The third kappa shape index (κ3) is 3.44. The zero-order valence-corrected chi connectivity index (χ0v) is 9.58. The fourth-order valence-corrected chi connectivity index (χ4v) is 1.26. The van der Waals surface area contributed by atoms with Gasteiger partial charge in [-0.15, -0.1) is 0 Å². The van der Waals surface area contributed by atoms with E-state index in [1.807, 2.05) is 6.07 Å². The smallest absolute Gasteiger partial charge is 0.120 e. The van der Waals surface area contributed by atoms with Crippen molar-refractivity contribution in [2.24, 2.45) is 0 Å². The molecule has 1 aromatic carbocycles. The van der Waals surface area contributed by atoms with Crippen LogP contribution in [0.3, 0.4) is 0 Å². The second-order valence-electron chi connectivity index (χ2n) is 3.68. The lowest BCUT2D eigenvalue weighted by Crippen LogP contribution is -2.24. The van der Waals surface area contributed by atoms with Crippen LogP contribution < -0.4 is 10.1 Å². The van der Waals surface area contributed by atoms with Gasteiger partial charge in [0.05, 0.1) is 7.11 Å². The first-order valence-corrected chi connectivity index (χ1v) is 5.26. The fraction of sp³-hybridized carbons (Fsp3) is 0.500. The van der Waals surface area contributed by atoms with Gasteiger partial charge in [-0.1, -0.05) is 6.92 Å². The van der Waals surface area contributed by atoms with E-state index in [0.29, 0.717) is 18.3 Å². The molecule has 0 unspecified atom stereocenters. The number of methoxy groups -OCH3 is 1. The maximum atomic E-state index is 9.62. The summed E-state index contributed by atoms with van der Waals surface area (Å²) in [5.74, 6) is 1.08. The predicted molar refractivity (Wildman–Crippen MR) is 61.3 cm³/mol. The lowest BCUT2D eigenvalue weighted by Gasteiger charge is -2.12. The summed E-state index contributed by atoms with van der Waals surface area (Å²) < 4.78 is 5.10. The van der Waals surface area contributed by atoms with Crippen LogP contribution in [0.2, 0.25) is 0 Å². The molecule has 0 aromatic heterocycles. The molecular formula is C12H19NO2. The van der Waals surface area contributed by atoms with Crippen LogP contribution in [0.1, 0.15) is 25.8 Å². The molecule has 0 spiro atoms. The van der Waals surface area contributed by atoms with Crippen molar-refractivity contribution >= 4 is 0 Å². The summed E-state index contributed by atoms with van der Waals surface area (Å²) in [6, 6.07) is 5.72. The molecule has 1 rings (SSSR count). The highest BCUT2D eigenvalue weighted by Crippen LogP contribution is 2.22. The van der Waals surface area contributed by atoms with Crippen molar-refractivity contribution in [3.8, 4) is 11.5 Å². The van der Waals surface area contributed by atoms with Gasteiger partial charge in [-0.3, -0.25) is 0 Å². The molecule has 1 atom stereocenters. The largest absolute Gasteiger partial charge is 0.508 e. The molecule has 0 radical (unpaired) electrons. The van der Waals surface area contributed by atoms with Gasteiger partial charge in [0.25, 0.3) is 0 Å². The minimum absolute atomic E-state index is 0.312. The Hall–Kier alpha value is -1.22. The van der Waals surface area contributed by atoms with Gasteiger partial charge < -0.3 is 15.2 Å². The van der Waals surface area contributed by atoms with Gasteiger partial charge >= 0.3 is 0 Å². The third-order valence-corrected chi connectivity index (χ3v) is 2.54. The second kappa shape index (κ2) is 5.61. The summed E-state index contributed by atoms with van der Waals surface area (Å²) in [6.45, 7) is 4.92. The molecule has 0 bridgehead atoms. The Balaban J connectivity index is 2.66. The number of nitrogens with one attached hydrogen (secondary N) is 1. The predicted octanol–water partition coefficient (Wildman–Crippen LogP) is 2.29. The molecule has 0 aliphatic rings. The minimum atomic E-state index is 0.312. The summed E-state index contributed by atoms with van der Waals surface area (Å²) in [5.41, 5.74) is 0.870. The van der Waals surface area contributed by atoms with Crippen molar-refractivity contribution in [3.05, 3.63) is 23.8 Å². The molecule has 1 aromatic rings. The van der Waals surface area contributed by atoms with E-state index in [9.17, 15) is 5.11 Å². The Labute approximate surface area is 91.1 Å². The normalized spacial score (nSPS) is 12.5. The van der Waals surface area contributed by atoms with Gasteiger partial charge in [-0.05, 0) is 31.5 Å². The van der Waals surface area contributed by atoms with Crippen molar-refractivity contribution in [3.63, 3.8) is 0 Å². The van der Waals surface area contributed by atoms with Gasteiger partial charge in [0.1, 0.15) is 11.5 Å². The van der Waals surface area contributed by atoms with Gasteiger partial charge in [0.2, 0.25) is 0 Å². The van der Waals surface area contributed by atoms with Crippen LogP contribution in [0.15, 0.2) is 18.2 Å². The maximum Gasteiger partial charge on any atom is 0.120 e. The van der Waals surface area contributed by atoms with Gasteiger partial charge in [0, 0.05) is 18.2 Å². The van der Waals surface area contributed by atoms with E-state index in [2.05, 4.69) is 19.2 Å². The van der Waals surface area contributed by atoms with Crippen LogP contribution in [-0.4, -0.2) is 18.3 Å². The van der Waals surface area contributed by atoms with Crippen molar-refractivity contribution < 1.29 is 9.84 Å². The number of ether oxygens (including phenoxy) is 1. The highest BCUT2D eigenvalue weighted by molar-refractivity contribution is 5.39. The highest BCUT2D eigenvalue weighted by atomic mass is 16.5. The van der Waals surface area contributed by atoms with Gasteiger partial charge in [-0.25, -0.2) is 0 Å². The Bertz CT molecular complexity index is 312. The Morgan fingerprint density at radius 3 is 2.80 bits per heavy atom. The first-order chi connectivity index (χ1) is 7.17. The molecule has 3 heteroatoms. The molecule has 0 saturated heterocycles. The Morgan fingerprint density at radius 1 is 1.47 bits per heavy atom. The molecule has 0 fully saturated rings. The quantitative estimate of drug-likeness (QED) is 0.781. The molecule has 2 N–H and O–H groups in total. The third-order valence-electron chi connectivity index (χ3n) is 2.54. The van der Waals surface area contributed by atoms with Crippen LogP contribution in [0.4, 0.5) is 0 Å². The SMILES string of the molecule is CC[C@H](C)NCc1cc(OC)ccc1O. The van der Waals surface area contributed by atoms with Gasteiger partial charge in [0.15, 0.2) is 0 Å². The Kier molecular flexibility index (Phi) is 4.43. The van der Waals surface area contributed by atoms with Gasteiger partial charge in [-0.2, -0.15) is 0 Å². The highest BCUT2D eigenvalue weighted by Gasteiger charge is 2.04. The van der Waals surface area contributed by atoms with Crippen molar-refractivity contribution in [2.45, 2.75) is 32.9 Å². The van der Waals surface area contributed by atoms with Crippen LogP contribution in [-0.2, 0) is 6.54 Å². The topological polar surface area (TPSA) is 41.5 Å². The summed E-state index contributed by atoms with van der Waals surface area (Å²) in [7, 11) is 1.62.